The fourth-order valence-corrected chi connectivity index (χ4v) is 2.39. The summed E-state index contributed by atoms with van der Waals surface area (Å²) in [5.74, 6) is 0.829. The molecule has 0 saturated heterocycles. The van der Waals surface area contributed by atoms with E-state index in [1.54, 1.807) is 18.4 Å². The van der Waals surface area contributed by atoms with Gasteiger partial charge in [0.05, 0.1) is 6.26 Å². The molecule has 114 valence electrons. The predicted molar refractivity (Wildman–Crippen MR) is 91.6 cm³/mol. The number of nitrogens with one attached hydrogen (secondary N) is 2. The summed E-state index contributed by atoms with van der Waals surface area (Å²) < 4.78 is 5.63. The van der Waals surface area contributed by atoms with Crippen LogP contribution in [0.4, 0.5) is 0 Å². The van der Waals surface area contributed by atoms with E-state index in [4.69, 9.17) is 26.7 Å². The molecule has 0 aliphatic heterocycles. The van der Waals surface area contributed by atoms with Gasteiger partial charge in [-0.2, -0.15) is 0 Å². The van der Waals surface area contributed by atoms with Gasteiger partial charge in [0.15, 0.2) is 0 Å². The zero-order valence-electron chi connectivity index (χ0n) is 12.3. The smallest absolute Gasteiger partial charge is 0.141 e. The second kappa shape index (κ2) is 5.81. The first-order valence-corrected chi connectivity index (χ1v) is 7.03. The van der Waals surface area contributed by atoms with Crippen molar-refractivity contribution in [2.75, 3.05) is 0 Å². The third-order valence-electron chi connectivity index (χ3n) is 3.63. The van der Waals surface area contributed by atoms with E-state index in [1.807, 2.05) is 42.5 Å². The molecule has 0 radical (unpaired) electrons. The molecular formula is C18H16N4O. The van der Waals surface area contributed by atoms with Crippen LogP contribution in [0.15, 0.2) is 65.3 Å². The van der Waals surface area contributed by atoms with E-state index in [-0.39, 0.29) is 11.7 Å². The van der Waals surface area contributed by atoms with Crippen LogP contribution in [0.2, 0.25) is 0 Å². The molecule has 0 bridgehead atoms. The molecule has 0 spiro atoms. The van der Waals surface area contributed by atoms with Gasteiger partial charge in [-0.05, 0) is 11.6 Å². The number of hydrogen-bond donors (Lipinski definition) is 4. The molecule has 0 unspecified atom stereocenters. The van der Waals surface area contributed by atoms with Gasteiger partial charge in [0.1, 0.15) is 17.4 Å². The predicted octanol–water partition coefficient (Wildman–Crippen LogP) is 3.18. The normalized spacial score (nSPS) is 10.4. The number of rotatable bonds is 4. The van der Waals surface area contributed by atoms with E-state index < -0.39 is 0 Å². The first-order chi connectivity index (χ1) is 11.1. The number of nitrogens with two attached hydrogens (primary N) is 2. The third kappa shape index (κ3) is 2.85. The molecule has 1 heterocycles. The van der Waals surface area contributed by atoms with Crippen LogP contribution in [0.3, 0.4) is 0 Å². The molecule has 0 fully saturated rings. The minimum Gasteiger partial charge on any atom is -0.464 e. The topological polar surface area (TPSA) is 113 Å². The highest BCUT2D eigenvalue weighted by atomic mass is 16.3. The van der Waals surface area contributed by atoms with Crippen LogP contribution in [0.5, 0.6) is 0 Å². The van der Waals surface area contributed by atoms with Crippen molar-refractivity contribution in [2.45, 2.75) is 0 Å². The lowest BCUT2D eigenvalue weighted by Crippen LogP contribution is -2.10. The van der Waals surface area contributed by atoms with Gasteiger partial charge in [0, 0.05) is 22.3 Å². The molecular weight excluding hydrogens is 288 g/mol. The van der Waals surface area contributed by atoms with Crippen LogP contribution in [-0.4, -0.2) is 11.7 Å². The molecule has 1 aromatic heterocycles. The molecule has 0 aliphatic rings. The summed E-state index contributed by atoms with van der Waals surface area (Å²) in [5, 5.41) is 14.9. The van der Waals surface area contributed by atoms with Gasteiger partial charge in [0.25, 0.3) is 0 Å². The number of benzene rings is 2. The van der Waals surface area contributed by atoms with E-state index in [9.17, 15) is 0 Å². The second-order valence-corrected chi connectivity index (χ2v) is 5.15. The molecule has 6 N–H and O–H groups in total. The number of nitrogen functional groups attached to an aromatic ring is 2. The van der Waals surface area contributed by atoms with E-state index in [0.717, 1.165) is 22.5 Å². The van der Waals surface area contributed by atoms with Crippen LogP contribution in [0.1, 0.15) is 11.1 Å². The summed E-state index contributed by atoms with van der Waals surface area (Å²) in [6, 6.07) is 16.7. The summed E-state index contributed by atoms with van der Waals surface area (Å²) in [7, 11) is 0. The highest BCUT2D eigenvalue weighted by Gasteiger charge is 2.11. The van der Waals surface area contributed by atoms with E-state index >= 15 is 0 Å². The van der Waals surface area contributed by atoms with Gasteiger partial charge in [-0.15, -0.1) is 0 Å². The third-order valence-corrected chi connectivity index (χ3v) is 3.63. The maximum Gasteiger partial charge on any atom is 0.141 e. The molecule has 23 heavy (non-hydrogen) atoms. The Morgan fingerprint density at radius 3 is 1.65 bits per heavy atom. The van der Waals surface area contributed by atoms with Crippen molar-refractivity contribution in [1.29, 1.82) is 10.8 Å². The molecule has 0 atom stereocenters. The Morgan fingerprint density at radius 1 is 0.696 bits per heavy atom. The lowest BCUT2D eigenvalue weighted by atomic mass is 10.00. The average Bonchev–Trinajstić information content (AvgIpc) is 3.04. The Bertz CT molecular complexity index is 789. The minimum absolute atomic E-state index is 0.0380. The van der Waals surface area contributed by atoms with E-state index in [1.165, 1.54) is 0 Å². The van der Waals surface area contributed by atoms with Crippen LogP contribution < -0.4 is 11.5 Å². The molecule has 0 amide bonds. The monoisotopic (exact) mass is 304 g/mol. The molecule has 3 aromatic rings. The van der Waals surface area contributed by atoms with Crippen molar-refractivity contribution >= 4 is 11.7 Å². The largest absolute Gasteiger partial charge is 0.464 e. The van der Waals surface area contributed by atoms with Crippen LogP contribution in [0.25, 0.3) is 22.5 Å². The van der Waals surface area contributed by atoms with Crippen molar-refractivity contribution in [3.05, 3.63) is 72.0 Å². The first-order valence-electron chi connectivity index (χ1n) is 7.03. The quantitative estimate of drug-likeness (QED) is 0.438. The Hall–Kier alpha value is -3.34. The van der Waals surface area contributed by atoms with Crippen molar-refractivity contribution in [3.63, 3.8) is 0 Å². The SMILES string of the molecule is N=C(N)c1ccc(-c2ccoc2-c2ccc(C(=N)N)cc2)cc1. The average molecular weight is 304 g/mol. The van der Waals surface area contributed by atoms with Gasteiger partial charge >= 0.3 is 0 Å². The summed E-state index contributed by atoms with van der Waals surface area (Å²) in [6.45, 7) is 0. The Labute approximate surface area is 133 Å². The van der Waals surface area contributed by atoms with Gasteiger partial charge in [-0.25, -0.2) is 0 Å². The summed E-state index contributed by atoms with van der Waals surface area (Å²) >= 11 is 0. The molecule has 3 rings (SSSR count). The zero-order chi connectivity index (χ0) is 16.4. The lowest BCUT2D eigenvalue weighted by Gasteiger charge is -2.06. The Morgan fingerprint density at radius 2 is 1.17 bits per heavy atom. The van der Waals surface area contributed by atoms with E-state index in [2.05, 4.69) is 0 Å². The number of hydrogen-bond acceptors (Lipinski definition) is 3. The minimum atomic E-state index is 0.0380. The highest BCUT2D eigenvalue weighted by Crippen LogP contribution is 2.33. The van der Waals surface area contributed by atoms with Gasteiger partial charge < -0.3 is 15.9 Å². The standard InChI is InChI=1S/C18H16N4O/c19-17(20)13-5-1-11(2-6-13)15-9-10-23-16(15)12-3-7-14(8-4-12)18(21)22/h1-10H,(H3,19,20)(H3,21,22). The first kappa shape index (κ1) is 14.6. The Kier molecular flexibility index (Phi) is 3.68. The maximum absolute atomic E-state index is 7.44. The number of amidine groups is 2. The Balaban J connectivity index is 1.98. The van der Waals surface area contributed by atoms with Crippen LogP contribution in [0, 0.1) is 10.8 Å². The molecule has 0 aliphatic carbocycles. The summed E-state index contributed by atoms with van der Waals surface area (Å²) in [6.07, 6.45) is 1.64. The van der Waals surface area contributed by atoms with Crippen LogP contribution >= 0.6 is 0 Å². The van der Waals surface area contributed by atoms with Crippen molar-refractivity contribution in [1.82, 2.24) is 0 Å². The molecule has 5 heteroatoms. The van der Waals surface area contributed by atoms with Gasteiger partial charge in [-0.3, -0.25) is 10.8 Å². The number of furan rings is 1. The molecule has 2 aromatic carbocycles. The fraction of sp³-hybridized carbons (Fsp3) is 0. The highest BCUT2D eigenvalue weighted by molar-refractivity contribution is 5.96. The molecule has 5 nitrogen and oxygen atoms in total. The summed E-state index contributed by atoms with van der Waals surface area (Å²) in [5.41, 5.74) is 15.2. The van der Waals surface area contributed by atoms with Gasteiger partial charge in [-0.1, -0.05) is 48.5 Å². The van der Waals surface area contributed by atoms with E-state index in [0.29, 0.717) is 11.1 Å². The second-order valence-electron chi connectivity index (χ2n) is 5.15. The van der Waals surface area contributed by atoms with Crippen LogP contribution in [-0.2, 0) is 0 Å². The van der Waals surface area contributed by atoms with Crippen molar-refractivity contribution in [3.8, 4) is 22.5 Å². The van der Waals surface area contributed by atoms with Crippen molar-refractivity contribution in [2.24, 2.45) is 11.5 Å². The zero-order valence-corrected chi connectivity index (χ0v) is 12.3. The summed E-state index contributed by atoms with van der Waals surface area (Å²) in [4.78, 5) is 0. The molecule has 0 saturated carbocycles. The maximum atomic E-state index is 7.44. The lowest BCUT2D eigenvalue weighted by molar-refractivity contribution is 0.583. The fourth-order valence-electron chi connectivity index (χ4n) is 2.39. The van der Waals surface area contributed by atoms with Crippen molar-refractivity contribution < 1.29 is 4.42 Å². The van der Waals surface area contributed by atoms with Gasteiger partial charge in [0.2, 0.25) is 0 Å².